The third-order valence-electron chi connectivity index (χ3n) is 4.70. The molecule has 0 aromatic carbocycles. The fraction of sp³-hybridized carbons (Fsp3) is 0.500. The standard InChI is InChI=1S/C20H25N5O7S2/c1-9-6-11(17(28)31-8-32-18(29)20(2,3)4)25-15(27)13(16(25)34-9)23-14(26)12(24-30-5)10-7-33-19(21)22-10/h6-7,9,13,16H,8H2,1-5H3,(H2,21,22)(H,23,26)/t9?,13?,16-/m1/s1. The lowest BCUT2D eigenvalue weighted by Gasteiger charge is -2.49. The van der Waals surface area contributed by atoms with E-state index < -0.39 is 47.4 Å². The number of β-lactam (4-membered cyclic amide) rings is 1. The number of aromatic nitrogens is 1. The van der Waals surface area contributed by atoms with E-state index in [0.29, 0.717) is 0 Å². The van der Waals surface area contributed by atoms with E-state index in [9.17, 15) is 19.2 Å². The summed E-state index contributed by atoms with van der Waals surface area (Å²) in [5, 5.41) is 7.43. The molecule has 1 aromatic rings. The average molecular weight is 512 g/mol. The van der Waals surface area contributed by atoms with Gasteiger partial charge in [0.15, 0.2) is 10.8 Å². The smallest absolute Gasteiger partial charge is 0.357 e. The van der Waals surface area contributed by atoms with Crippen LogP contribution >= 0.6 is 23.1 Å². The van der Waals surface area contributed by atoms with E-state index in [2.05, 4.69) is 15.5 Å². The summed E-state index contributed by atoms with van der Waals surface area (Å²) in [5.74, 6) is -2.51. The Labute approximate surface area is 203 Å². The van der Waals surface area contributed by atoms with E-state index in [1.54, 1.807) is 32.2 Å². The van der Waals surface area contributed by atoms with Crippen LogP contribution in [-0.2, 0) is 33.5 Å². The third kappa shape index (κ3) is 5.33. The van der Waals surface area contributed by atoms with E-state index in [0.717, 1.165) is 11.3 Å². The van der Waals surface area contributed by atoms with E-state index in [4.69, 9.17) is 20.0 Å². The van der Waals surface area contributed by atoms with Gasteiger partial charge in [0, 0.05) is 10.6 Å². The molecule has 3 heterocycles. The highest BCUT2D eigenvalue weighted by atomic mass is 32.2. The molecule has 1 saturated heterocycles. The number of carbonyl (C=O) groups excluding carboxylic acids is 4. The zero-order chi connectivity index (χ0) is 25.2. The zero-order valence-corrected chi connectivity index (χ0v) is 20.8. The number of hydrogen-bond donors (Lipinski definition) is 2. The minimum absolute atomic E-state index is 0.0246. The Balaban J connectivity index is 1.66. The van der Waals surface area contributed by atoms with Gasteiger partial charge in [-0.1, -0.05) is 5.16 Å². The normalized spacial score (nSPS) is 22.2. The van der Waals surface area contributed by atoms with Crippen LogP contribution < -0.4 is 11.1 Å². The number of esters is 2. The molecule has 0 aliphatic carbocycles. The number of nitrogens with two attached hydrogens (primary N) is 1. The van der Waals surface area contributed by atoms with Crippen LogP contribution in [0.5, 0.6) is 0 Å². The van der Waals surface area contributed by atoms with Crippen molar-refractivity contribution in [2.45, 2.75) is 44.4 Å². The molecule has 2 unspecified atom stereocenters. The Hall–Kier alpha value is -3.13. The minimum Gasteiger partial charge on any atom is -0.427 e. The molecule has 12 nitrogen and oxygen atoms in total. The first-order chi connectivity index (χ1) is 15.9. The maximum absolute atomic E-state index is 12.8. The first-order valence-electron chi connectivity index (χ1n) is 10.1. The molecule has 2 amide bonds. The summed E-state index contributed by atoms with van der Waals surface area (Å²) >= 11 is 2.51. The number of rotatable bonds is 7. The van der Waals surface area contributed by atoms with Gasteiger partial charge in [0.05, 0.1) is 5.41 Å². The van der Waals surface area contributed by atoms with E-state index in [1.807, 2.05) is 6.92 Å². The van der Waals surface area contributed by atoms with Gasteiger partial charge in [-0.25, -0.2) is 9.78 Å². The van der Waals surface area contributed by atoms with Crippen LogP contribution in [0.4, 0.5) is 5.13 Å². The SMILES string of the molecule is CON=C(C(=O)NC1C(=O)N2C(C(=O)OCOC(=O)C(C)(C)C)=CC(C)S[C@H]12)c1csc(N)n1. The molecule has 34 heavy (non-hydrogen) atoms. The number of amides is 2. The summed E-state index contributed by atoms with van der Waals surface area (Å²) in [5.41, 5.74) is 4.98. The van der Waals surface area contributed by atoms with Crippen LogP contribution in [0, 0.1) is 5.41 Å². The topological polar surface area (TPSA) is 163 Å². The van der Waals surface area contributed by atoms with Gasteiger partial charge in [0.2, 0.25) is 6.79 Å². The number of nitrogens with zero attached hydrogens (tertiary/aromatic N) is 3. The van der Waals surface area contributed by atoms with Crippen LogP contribution in [0.25, 0.3) is 0 Å². The second-order valence-corrected chi connectivity index (χ2v) is 10.8. The van der Waals surface area contributed by atoms with Gasteiger partial charge in [0.1, 0.15) is 29.9 Å². The van der Waals surface area contributed by atoms with Gasteiger partial charge in [0.25, 0.3) is 11.8 Å². The number of ether oxygens (including phenoxy) is 2. The number of hydrogen-bond acceptors (Lipinski definition) is 12. The Morgan fingerprint density at radius 1 is 1.29 bits per heavy atom. The lowest BCUT2D eigenvalue weighted by molar-refractivity contribution is -0.173. The maximum atomic E-state index is 12.8. The van der Waals surface area contributed by atoms with Crippen molar-refractivity contribution in [3.63, 3.8) is 0 Å². The maximum Gasteiger partial charge on any atom is 0.357 e. The van der Waals surface area contributed by atoms with Gasteiger partial charge < -0.3 is 25.4 Å². The van der Waals surface area contributed by atoms with Crippen LogP contribution in [0.2, 0.25) is 0 Å². The molecular weight excluding hydrogens is 486 g/mol. The highest BCUT2D eigenvalue weighted by molar-refractivity contribution is 8.00. The van der Waals surface area contributed by atoms with Crippen molar-refractivity contribution >= 4 is 57.7 Å². The molecule has 0 saturated carbocycles. The number of nitrogen functional groups attached to an aromatic ring is 1. The number of fused-ring (bicyclic) bond motifs is 1. The molecule has 3 N–H and O–H groups in total. The summed E-state index contributed by atoms with van der Waals surface area (Å²) in [4.78, 5) is 60.1. The van der Waals surface area contributed by atoms with Crippen LogP contribution in [0.15, 0.2) is 22.3 Å². The van der Waals surface area contributed by atoms with Crippen molar-refractivity contribution in [3.05, 3.63) is 22.8 Å². The third-order valence-corrected chi connectivity index (χ3v) is 6.70. The fourth-order valence-corrected chi connectivity index (χ4v) is 4.93. The lowest BCUT2D eigenvalue weighted by atomic mass is 9.98. The zero-order valence-electron chi connectivity index (χ0n) is 19.2. The second-order valence-electron chi connectivity index (χ2n) is 8.37. The van der Waals surface area contributed by atoms with Gasteiger partial charge >= 0.3 is 11.9 Å². The Kier molecular flexibility index (Phi) is 7.51. The van der Waals surface area contributed by atoms with Crippen LogP contribution in [-0.4, -0.2) is 69.9 Å². The average Bonchev–Trinajstić information content (AvgIpc) is 3.19. The quantitative estimate of drug-likeness (QED) is 0.176. The number of oxime groups is 1. The Morgan fingerprint density at radius 3 is 2.59 bits per heavy atom. The van der Waals surface area contributed by atoms with Crippen molar-refractivity contribution < 1.29 is 33.5 Å². The molecule has 184 valence electrons. The number of anilines is 1. The summed E-state index contributed by atoms with van der Waals surface area (Å²) < 4.78 is 10.0. The second kappa shape index (κ2) is 10.0. The predicted molar refractivity (Wildman–Crippen MR) is 124 cm³/mol. The first kappa shape index (κ1) is 25.5. The summed E-state index contributed by atoms with van der Waals surface area (Å²) in [6.07, 6.45) is 1.58. The van der Waals surface area contributed by atoms with Crippen molar-refractivity contribution in [1.82, 2.24) is 15.2 Å². The molecule has 1 aromatic heterocycles. The summed E-state index contributed by atoms with van der Waals surface area (Å²) in [6, 6.07) is -0.909. The molecular formula is C20H25N5O7S2. The predicted octanol–water partition coefficient (Wildman–Crippen LogP) is 0.838. The number of thiazole rings is 1. The van der Waals surface area contributed by atoms with Crippen molar-refractivity contribution in [1.29, 1.82) is 0 Å². The highest BCUT2D eigenvalue weighted by Gasteiger charge is 2.54. The fourth-order valence-electron chi connectivity index (χ4n) is 3.05. The number of thioether (sulfide) groups is 1. The molecule has 14 heteroatoms. The van der Waals surface area contributed by atoms with E-state index >= 15 is 0 Å². The highest BCUT2D eigenvalue weighted by Crippen LogP contribution is 2.41. The van der Waals surface area contributed by atoms with Crippen molar-refractivity contribution in [2.75, 3.05) is 19.6 Å². The molecule has 3 rings (SSSR count). The summed E-state index contributed by atoms with van der Waals surface area (Å²) in [7, 11) is 1.28. The largest absolute Gasteiger partial charge is 0.427 e. The van der Waals surface area contributed by atoms with Gasteiger partial charge in [-0.2, -0.15) is 0 Å². The lowest BCUT2D eigenvalue weighted by Crippen LogP contribution is -2.71. The van der Waals surface area contributed by atoms with Gasteiger partial charge in [-0.05, 0) is 33.8 Å². The van der Waals surface area contributed by atoms with Crippen LogP contribution in [0.1, 0.15) is 33.4 Å². The summed E-state index contributed by atoms with van der Waals surface area (Å²) in [6.45, 7) is 6.28. The first-order valence-corrected chi connectivity index (χ1v) is 11.9. The molecule has 3 atom stereocenters. The molecule has 0 radical (unpaired) electrons. The number of nitrogens with one attached hydrogen (secondary N) is 1. The van der Waals surface area contributed by atoms with E-state index in [1.165, 1.54) is 23.8 Å². The Bertz CT molecular complexity index is 1060. The molecule has 0 spiro atoms. The van der Waals surface area contributed by atoms with Crippen molar-refractivity contribution in [3.8, 4) is 0 Å². The molecule has 2 aliphatic heterocycles. The van der Waals surface area contributed by atoms with Gasteiger partial charge in [-0.3, -0.25) is 19.3 Å². The minimum atomic E-state index is -0.909. The van der Waals surface area contributed by atoms with Crippen LogP contribution in [0.3, 0.4) is 0 Å². The van der Waals surface area contributed by atoms with Crippen molar-refractivity contribution in [2.24, 2.45) is 10.6 Å². The molecule has 0 bridgehead atoms. The molecule has 1 fully saturated rings. The monoisotopic (exact) mass is 511 g/mol. The van der Waals surface area contributed by atoms with E-state index in [-0.39, 0.29) is 27.5 Å². The Morgan fingerprint density at radius 2 is 2.00 bits per heavy atom. The molecule has 2 aliphatic rings. The number of carbonyl (C=O) groups is 4. The van der Waals surface area contributed by atoms with Gasteiger partial charge in [-0.15, -0.1) is 23.1 Å².